The van der Waals surface area contributed by atoms with Crippen molar-refractivity contribution >= 4 is 28.4 Å². The molecule has 1 aromatic heterocycles. The number of aromatic amines is 1. The molecule has 2 amide bonds. The number of hydrazone groups is 1. The van der Waals surface area contributed by atoms with Gasteiger partial charge in [-0.3, -0.25) is 14.4 Å². The first kappa shape index (κ1) is 14.0. The fourth-order valence-electron chi connectivity index (χ4n) is 2.24. The van der Waals surface area contributed by atoms with Crippen LogP contribution in [0, 0.1) is 0 Å². The summed E-state index contributed by atoms with van der Waals surface area (Å²) in [5, 5.41) is 7.26. The van der Waals surface area contributed by atoms with Gasteiger partial charge in [0.2, 0.25) is 5.91 Å². The molecule has 0 radical (unpaired) electrons. The van der Waals surface area contributed by atoms with Crippen LogP contribution in [0.4, 0.5) is 0 Å². The van der Waals surface area contributed by atoms with Gasteiger partial charge in [-0.05, 0) is 17.5 Å². The van der Waals surface area contributed by atoms with Crippen LogP contribution in [-0.4, -0.2) is 22.5 Å². The summed E-state index contributed by atoms with van der Waals surface area (Å²) >= 11 is 0. The number of benzene rings is 1. The van der Waals surface area contributed by atoms with Crippen molar-refractivity contribution in [3.8, 4) is 0 Å². The number of nitrogens with one attached hydrogen (secondary N) is 3. The predicted octanol–water partition coefficient (Wildman–Crippen LogP) is 0.410. The molecule has 0 atom stereocenters. The topological polar surface area (TPSA) is 103 Å². The largest absolute Gasteiger partial charge is 0.347 e. The summed E-state index contributed by atoms with van der Waals surface area (Å²) in [6.07, 6.45) is 0.536. The minimum absolute atomic E-state index is 0.103. The summed E-state index contributed by atoms with van der Waals surface area (Å²) in [4.78, 5) is 37.7. The summed E-state index contributed by atoms with van der Waals surface area (Å²) in [6, 6.07) is 9.17. The van der Waals surface area contributed by atoms with E-state index in [-0.39, 0.29) is 36.1 Å². The van der Waals surface area contributed by atoms with Gasteiger partial charge < -0.3 is 10.3 Å². The Bertz CT molecular complexity index is 838. The van der Waals surface area contributed by atoms with Gasteiger partial charge in [0.15, 0.2) is 0 Å². The van der Waals surface area contributed by atoms with E-state index in [0.29, 0.717) is 12.0 Å². The number of amides is 2. The lowest BCUT2D eigenvalue weighted by Gasteiger charge is -2.12. The van der Waals surface area contributed by atoms with Crippen molar-refractivity contribution in [1.82, 2.24) is 15.7 Å². The minimum Gasteiger partial charge on any atom is -0.347 e. The van der Waals surface area contributed by atoms with Crippen LogP contribution in [-0.2, 0) is 16.1 Å². The van der Waals surface area contributed by atoms with Gasteiger partial charge in [0.1, 0.15) is 5.71 Å². The van der Waals surface area contributed by atoms with Crippen molar-refractivity contribution in [2.75, 3.05) is 0 Å². The van der Waals surface area contributed by atoms with Crippen molar-refractivity contribution in [3.63, 3.8) is 0 Å². The Labute approximate surface area is 125 Å². The first-order valence-corrected chi connectivity index (χ1v) is 6.88. The molecule has 0 spiro atoms. The molecular formula is C15H14N4O3. The number of aromatic nitrogens is 1. The summed E-state index contributed by atoms with van der Waals surface area (Å²) < 4.78 is 0. The highest BCUT2D eigenvalue weighted by molar-refractivity contribution is 6.39. The van der Waals surface area contributed by atoms with Gasteiger partial charge in [-0.15, -0.1) is 0 Å². The fraction of sp³-hybridized carbons (Fsp3) is 0.200. The lowest BCUT2D eigenvalue weighted by Crippen LogP contribution is -2.37. The fourth-order valence-corrected chi connectivity index (χ4v) is 2.24. The monoisotopic (exact) mass is 298 g/mol. The smallest absolute Gasteiger partial charge is 0.267 e. The normalized spacial score (nSPS) is 14.4. The molecule has 112 valence electrons. The van der Waals surface area contributed by atoms with Crippen LogP contribution in [0.25, 0.3) is 10.9 Å². The van der Waals surface area contributed by atoms with E-state index in [2.05, 4.69) is 20.8 Å². The number of carbonyl (C=O) groups excluding carboxylic acids is 2. The molecular weight excluding hydrogens is 284 g/mol. The first-order chi connectivity index (χ1) is 10.6. The zero-order valence-electron chi connectivity index (χ0n) is 11.7. The number of carbonyl (C=O) groups is 2. The van der Waals surface area contributed by atoms with Gasteiger partial charge >= 0.3 is 0 Å². The Hall–Kier alpha value is -2.96. The molecule has 3 rings (SSSR count). The molecule has 1 aliphatic heterocycles. The number of H-pyrrole nitrogens is 1. The number of nitrogens with zero attached hydrogens (tertiary/aromatic N) is 1. The molecule has 22 heavy (non-hydrogen) atoms. The van der Waals surface area contributed by atoms with E-state index >= 15 is 0 Å². The Balaban J connectivity index is 1.74. The number of para-hydroxylation sites is 1. The molecule has 7 heteroatoms. The molecule has 2 aromatic rings. The molecule has 1 aromatic carbocycles. The van der Waals surface area contributed by atoms with E-state index in [9.17, 15) is 14.4 Å². The van der Waals surface area contributed by atoms with Gasteiger partial charge in [0.25, 0.3) is 11.5 Å². The number of rotatable bonds is 3. The van der Waals surface area contributed by atoms with E-state index in [1.165, 1.54) is 0 Å². The highest BCUT2D eigenvalue weighted by Crippen LogP contribution is 2.10. The second-order valence-corrected chi connectivity index (χ2v) is 4.99. The molecule has 0 fully saturated rings. The second kappa shape index (κ2) is 5.80. The summed E-state index contributed by atoms with van der Waals surface area (Å²) in [5.74, 6) is -0.588. The third-order valence-electron chi connectivity index (χ3n) is 3.44. The maximum Gasteiger partial charge on any atom is 0.267 e. The number of hydrogen-bond acceptors (Lipinski definition) is 4. The van der Waals surface area contributed by atoms with Gasteiger partial charge in [-0.2, -0.15) is 5.10 Å². The maximum absolute atomic E-state index is 12.0. The van der Waals surface area contributed by atoms with Crippen LogP contribution in [0.1, 0.15) is 18.4 Å². The molecule has 0 aliphatic carbocycles. The molecule has 0 bridgehead atoms. The summed E-state index contributed by atoms with van der Waals surface area (Å²) in [5.41, 5.74) is 3.51. The standard InChI is InChI=1S/C15H14N4O3/c20-13-6-5-12(18-19-13)15(22)16-8-10-7-9-3-1-2-4-11(9)17-14(10)21/h1-4,7H,5-6,8H2,(H,16,22)(H,17,21)(H,19,20). The molecule has 0 saturated carbocycles. The highest BCUT2D eigenvalue weighted by Gasteiger charge is 2.18. The second-order valence-electron chi connectivity index (χ2n) is 4.99. The third-order valence-corrected chi connectivity index (χ3v) is 3.44. The van der Waals surface area contributed by atoms with Gasteiger partial charge in [0.05, 0.1) is 0 Å². The quantitative estimate of drug-likeness (QED) is 0.764. The van der Waals surface area contributed by atoms with Crippen molar-refractivity contribution < 1.29 is 9.59 Å². The van der Waals surface area contributed by atoms with E-state index in [1.807, 2.05) is 24.3 Å². The van der Waals surface area contributed by atoms with Gasteiger partial charge in [-0.25, -0.2) is 5.43 Å². The summed E-state index contributed by atoms with van der Waals surface area (Å²) in [6.45, 7) is 0.103. The van der Waals surface area contributed by atoms with E-state index in [0.717, 1.165) is 10.9 Å². The Morgan fingerprint density at radius 3 is 2.82 bits per heavy atom. The van der Waals surface area contributed by atoms with Crippen molar-refractivity contribution in [2.45, 2.75) is 19.4 Å². The van der Waals surface area contributed by atoms with Crippen molar-refractivity contribution in [1.29, 1.82) is 0 Å². The molecule has 3 N–H and O–H groups in total. The van der Waals surface area contributed by atoms with Gasteiger partial charge in [0, 0.05) is 30.5 Å². The first-order valence-electron chi connectivity index (χ1n) is 6.88. The number of hydrogen-bond donors (Lipinski definition) is 3. The van der Waals surface area contributed by atoms with Crippen LogP contribution in [0.15, 0.2) is 40.2 Å². The zero-order valence-corrected chi connectivity index (χ0v) is 11.7. The Kier molecular flexibility index (Phi) is 3.69. The lowest BCUT2D eigenvalue weighted by molar-refractivity contribution is -0.121. The van der Waals surface area contributed by atoms with Crippen LogP contribution in [0.2, 0.25) is 0 Å². The van der Waals surface area contributed by atoms with E-state index < -0.39 is 0 Å². The molecule has 0 unspecified atom stereocenters. The van der Waals surface area contributed by atoms with Crippen LogP contribution < -0.4 is 16.3 Å². The molecule has 2 heterocycles. The van der Waals surface area contributed by atoms with Crippen molar-refractivity contribution in [3.05, 3.63) is 46.2 Å². The van der Waals surface area contributed by atoms with Crippen LogP contribution in [0.3, 0.4) is 0 Å². The zero-order chi connectivity index (χ0) is 15.5. The lowest BCUT2D eigenvalue weighted by atomic mass is 10.1. The average molecular weight is 298 g/mol. The average Bonchev–Trinajstić information content (AvgIpc) is 2.53. The Morgan fingerprint density at radius 2 is 2.05 bits per heavy atom. The van der Waals surface area contributed by atoms with Crippen LogP contribution >= 0.6 is 0 Å². The number of pyridine rings is 1. The maximum atomic E-state index is 12.0. The third kappa shape index (κ3) is 2.88. The minimum atomic E-state index is -0.382. The predicted molar refractivity (Wildman–Crippen MR) is 81.2 cm³/mol. The Morgan fingerprint density at radius 1 is 1.23 bits per heavy atom. The molecule has 0 saturated heterocycles. The van der Waals surface area contributed by atoms with E-state index in [4.69, 9.17) is 0 Å². The molecule has 1 aliphatic rings. The van der Waals surface area contributed by atoms with Crippen molar-refractivity contribution in [2.24, 2.45) is 5.10 Å². The van der Waals surface area contributed by atoms with Crippen LogP contribution in [0.5, 0.6) is 0 Å². The molecule has 7 nitrogen and oxygen atoms in total. The summed E-state index contributed by atoms with van der Waals surface area (Å²) in [7, 11) is 0. The SMILES string of the molecule is O=C1CCC(C(=O)NCc2cc3ccccc3[nH]c2=O)=NN1. The van der Waals surface area contributed by atoms with E-state index in [1.54, 1.807) is 6.07 Å². The number of fused-ring (bicyclic) bond motifs is 1. The van der Waals surface area contributed by atoms with Gasteiger partial charge in [-0.1, -0.05) is 18.2 Å². The highest BCUT2D eigenvalue weighted by atomic mass is 16.2.